The van der Waals surface area contributed by atoms with Crippen molar-refractivity contribution < 1.29 is 19.4 Å². The molecule has 1 aromatic carbocycles. The normalized spacial score (nSPS) is 17.6. The number of hydrogen-bond acceptors (Lipinski definition) is 8. The van der Waals surface area contributed by atoms with Crippen LogP contribution in [-0.4, -0.2) is 62.1 Å². The van der Waals surface area contributed by atoms with Crippen LogP contribution in [0.3, 0.4) is 0 Å². The minimum atomic E-state index is -0.382. The number of aromatic nitrogens is 4. The smallest absolute Gasteiger partial charge is 0.274 e. The molecule has 4 N–H and O–H groups in total. The van der Waals surface area contributed by atoms with Gasteiger partial charge in [0.05, 0.1) is 41.3 Å². The fourth-order valence-electron chi connectivity index (χ4n) is 4.12. The van der Waals surface area contributed by atoms with E-state index in [9.17, 15) is 14.7 Å². The zero-order valence-electron chi connectivity index (χ0n) is 19.1. The van der Waals surface area contributed by atoms with Crippen LogP contribution in [0, 0.1) is 0 Å². The van der Waals surface area contributed by atoms with Gasteiger partial charge in [0, 0.05) is 23.6 Å². The number of pyridine rings is 1. The van der Waals surface area contributed by atoms with Crippen LogP contribution in [0.25, 0.3) is 11.0 Å². The number of fused-ring (bicyclic) bond motifs is 1. The lowest BCUT2D eigenvalue weighted by Gasteiger charge is -2.29. The van der Waals surface area contributed by atoms with Gasteiger partial charge in [-0.05, 0) is 43.2 Å². The number of carbonyl (C=O) groups excluding carboxylic acids is 2. The Morgan fingerprint density at radius 1 is 1.14 bits per heavy atom. The average molecular weight is 507 g/mol. The third kappa shape index (κ3) is 4.92. The van der Waals surface area contributed by atoms with Gasteiger partial charge in [-0.2, -0.15) is 0 Å². The van der Waals surface area contributed by atoms with E-state index in [1.165, 1.54) is 18.6 Å². The largest absolute Gasteiger partial charge is 0.394 e. The summed E-state index contributed by atoms with van der Waals surface area (Å²) in [6, 6.07) is 9.73. The molecule has 1 amide bonds. The van der Waals surface area contributed by atoms with E-state index in [-0.39, 0.29) is 46.7 Å². The van der Waals surface area contributed by atoms with Crippen molar-refractivity contribution in [1.29, 1.82) is 0 Å². The maximum Gasteiger partial charge on any atom is 0.274 e. The van der Waals surface area contributed by atoms with Gasteiger partial charge in [0.15, 0.2) is 5.78 Å². The first kappa shape index (κ1) is 23.9. The van der Waals surface area contributed by atoms with Crippen LogP contribution in [0.4, 0.5) is 11.5 Å². The highest BCUT2D eigenvalue weighted by atomic mass is 35.5. The number of benzene rings is 1. The number of nitrogens with zero attached hydrogens (tertiary/aromatic N) is 3. The van der Waals surface area contributed by atoms with Crippen molar-refractivity contribution in [2.24, 2.45) is 0 Å². The molecule has 1 aliphatic heterocycles. The van der Waals surface area contributed by atoms with Crippen LogP contribution in [0.5, 0.6) is 0 Å². The van der Waals surface area contributed by atoms with Crippen LogP contribution < -0.4 is 10.6 Å². The molecular weight excluding hydrogens is 484 g/mol. The van der Waals surface area contributed by atoms with Gasteiger partial charge in [-0.3, -0.25) is 14.6 Å². The number of nitrogens with one attached hydrogen (secondary N) is 3. The Morgan fingerprint density at radius 3 is 2.75 bits per heavy atom. The molecule has 0 saturated carbocycles. The zero-order chi connectivity index (χ0) is 25.1. The summed E-state index contributed by atoms with van der Waals surface area (Å²) in [5.74, 6) is -0.185. The fourth-order valence-corrected chi connectivity index (χ4v) is 4.39. The summed E-state index contributed by atoms with van der Waals surface area (Å²) in [6.07, 6.45) is 5.89. The average Bonchev–Trinajstić information content (AvgIpc) is 3.35. The number of carbonyl (C=O) groups is 2. The van der Waals surface area contributed by atoms with Crippen molar-refractivity contribution in [3.05, 3.63) is 77.0 Å². The van der Waals surface area contributed by atoms with Crippen molar-refractivity contribution in [2.45, 2.75) is 25.0 Å². The Morgan fingerprint density at radius 2 is 2.03 bits per heavy atom. The molecule has 3 aromatic heterocycles. The number of anilines is 2. The predicted octanol–water partition coefficient (Wildman–Crippen LogP) is 3.44. The van der Waals surface area contributed by atoms with E-state index in [2.05, 4.69) is 30.6 Å². The quantitative estimate of drug-likeness (QED) is 0.279. The molecule has 4 heterocycles. The first-order valence-corrected chi connectivity index (χ1v) is 11.8. The van der Waals surface area contributed by atoms with Gasteiger partial charge in [0.1, 0.15) is 23.5 Å². The number of H-pyrrole nitrogens is 1. The Labute approximate surface area is 211 Å². The molecular formula is C25H23ClN6O4. The molecule has 0 radical (unpaired) electrons. The maximum absolute atomic E-state index is 13.5. The monoisotopic (exact) mass is 506 g/mol. The summed E-state index contributed by atoms with van der Waals surface area (Å²) in [5, 5.41) is 16.1. The number of amides is 1. The Bertz CT molecular complexity index is 1400. The molecule has 2 unspecified atom stereocenters. The van der Waals surface area contributed by atoms with Gasteiger partial charge in [0.2, 0.25) is 0 Å². The second-order valence-electron chi connectivity index (χ2n) is 8.40. The summed E-state index contributed by atoms with van der Waals surface area (Å²) in [7, 11) is 0. The van der Waals surface area contributed by atoms with Gasteiger partial charge in [-0.15, -0.1) is 0 Å². The van der Waals surface area contributed by atoms with Crippen molar-refractivity contribution >= 4 is 45.8 Å². The Kier molecular flexibility index (Phi) is 6.90. The summed E-state index contributed by atoms with van der Waals surface area (Å²) in [4.78, 5) is 41.5. The summed E-state index contributed by atoms with van der Waals surface area (Å²) >= 11 is 6.46. The number of ether oxygens (including phenoxy) is 1. The highest BCUT2D eigenvalue weighted by molar-refractivity contribution is 6.36. The van der Waals surface area contributed by atoms with E-state index >= 15 is 0 Å². The highest BCUT2D eigenvalue weighted by Gasteiger charge is 2.25. The third-order valence-corrected chi connectivity index (χ3v) is 6.31. The second-order valence-corrected chi connectivity index (χ2v) is 8.80. The molecule has 5 rings (SSSR count). The van der Waals surface area contributed by atoms with Gasteiger partial charge < -0.3 is 25.5 Å². The Hall–Kier alpha value is -3.86. The minimum absolute atomic E-state index is 0.00664. The van der Waals surface area contributed by atoms with E-state index < -0.39 is 0 Å². The van der Waals surface area contributed by atoms with Crippen molar-refractivity contribution in [1.82, 2.24) is 19.9 Å². The summed E-state index contributed by atoms with van der Waals surface area (Å²) in [5.41, 5.74) is 1.86. The van der Waals surface area contributed by atoms with Gasteiger partial charge >= 0.3 is 0 Å². The van der Waals surface area contributed by atoms with E-state index in [0.717, 1.165) is 12.8 Å². The Balaban J connectivity index is 1.38. The molecule has 1 saturated heterocycles. The highest BCUT2D eigenvalue weighted by Crippen LogP contribution is 2.30. The molecule has 1 aliphatic rings. The third-order valence-electron chi connectivity index (χ3n) is 6.00. The van der Waals surface area contributed by atoms with Crippen LogP contribution in [0.15, 0.2) is 55.1 Å². The van der Waals surface area contributed by atoms with Crippen molar-refractivity contribution in [2.75, 3.05) is 23.8 Å². The molecule has 184 valence electrons. The first-order chi connectivity index (χ1) is 17.5. The van der Waals surface area contributed by atoms with Crippen molar-refractivity contribution in [3.8, 4) is 0 Å². The maximum atomic E-state index is 13.5. The molecule has 1 fully saturated rings. The van der Waals surface area contributed by atoms with E-state index in [1.54, 1.807) is 36.5 Å². The summed E-state index contributed by atoms with van der Waals surface area (Å²) in [6.45, 7) is 0.412. The molecule has 4 aromatic rings. The first-order valence-electron chi connectivity index (χ1n) is 11.4. The number of rotatable bonds is 7. The lowest BCUT2D eigenvalue weighted by Crippen LogP contribution is -2.36. The number of hydrogen-bond donors (Lipinski definition) is 4. The number of aliphatic hydroxyl groups is 1. The predicted molar refractivity (Wildman–Crippen MR) is 134 cm³/mol. The minimum Gasteiger partial charge on any atom is -0.394 e. The van der Waals surface area contributed by atoms with Crippen LogP contribution in [0.2, 0.25) is 5.02 Å². The number of ketones is 1. The lowest BCUT2D eigenvalue weighted by atomic mass is 10.0. The van der Waals surface area contributed by atoms with Crippen LogP contribution in [0.1, 0.15) is 39.3 Å². The number of halogens is 1. The topological polar surface area (TPSA) is 142 Å². The molecule has 0 spiro atoms. The number of aromatic amines is 1. The zero-order valence-corrected chi connectivity index (χ0v) is 19.8. The second kappa shape index (κ2) is 10.4. The van der Waals surface area contributed by atoms with Gasteiger partial charge in [-0.1, -0.05) is 17.7 Å². The van der Waals surface area contributed by atoms with Gasteiger partial charge in [0.25, 0.3) is 5.91 Å². The fraction of sp³-hybridized carbons (Fsp3) is 0.240. The standard InChI is InChI=1S/C25H23ClN6O4/c26-19-9-14(32-25(35)20-3-1-2-8-27-20)5-7-17(19)22(34)18-10-28-23-21(18)24(30-13-29-23)31-15-4-6-16(11-33)36-12-15/h1-3,5,7-10,13,15-16,33H,4,6,11-12H2,(H,32,35)(H2,28,29,30,31). The van der Waals surface area contributed by atoms with E-state index in [1.807, 2.05) is 0 Å². The SMILES string of the molecule is O=C(Nc1ccc(C(=O)c2c[nH]c3ncnc(NC4CCC(CO)OC4)c23)c(Cl)c1)c1ccccn1. The molecule has 10 nitrogen and oxygen atoms in total. The molecule has 2 atom stereocenters. The van der Waals surface area contributed by atoms with Gasteiger partial charge in [-0.25, -0.2) is 9.97 Å². The van der Waals surface area contributed by atoms with Crippen LogP contribution >= 0.6 is 11.6 Å². The van der Waals surface area contributed by atoms with Crippen LogP contribution in [-0.2, 0) is 4.74 Å². The molecule has 11 heteroatoms. The number of aliphatic hydroxyl groups excluding tert-OH is 1. The molecule has 0 aliphatic carbocycles. The van der Waals surface area contributed by atoms with Crippen molar-refractivity contribution in [3.63, 3.8) is 0 Å². The lowest BCUT2D eigenvalue weighted by molar-refractivity contribution is -0.0224. The summed E-state index contributed by atoms with van der Waals surface area (Å²) < 4.78 is 5.65. The molecule has 0 bridgehead atoms. The van der Waals surface area contributed by atoms with E-state index in [4.69, 9.17) is 16.3 Å². The molecule has 36 heavy (non-hydrogen) atoms. The van der Waals surface area contributed by atoms with E-state index in [0.29, 0.717) is 34.7 Å².